The van der Waals surface area contributed by atoms with Gasteiger partial charge in [0.05, 0.1) is 12.1 Å². The predicted molar refractivity (Wildman–Crippen MR) is 118 cm³/mol. The smallest absolute Gasteiger partial charge is 0.262 e. The highest BCUT2D eigenvalue weighted by Crippen LogP contribution is 2.27. The first-order valence-corrected chi connectivity index (χ1v) is 9.63. The molecule has 0 aliphatic carbocycles. The number of ether oxygens (including phenoxy) is 2. The molecule has 0 radical (unpaired) electrons. The molecule has 0 aliphatic heterocycles. The number of rotatable bonds is 7. The van der Waals surface area contributed by atoms with E-state index in [1.807, 2.05) is 0 Å². The molecule has 154 valence electrons. The molecule has 2 amide bonds. The molecular weight excluding hydrogens is 427 g/mol. The summed E-state index contributed by atoms with van der Waals surface area (Å²) in [5.41, 5.74) is 1.60. The fourth-order valence-electron chi connectivity index (χ4n) is 2.54. The average Bonchev–Trinajstić information content (AvgIpc) is 2.73. The van der Waals surface area contributed by atoms with Crippen molar-refractivity contribution in [1.82, 2.24) is 0 Å². The van der Waals surface area contributed by atoms with Crippen LogP contribution in [-0.2, 0) is 4.79 Å². The van der Waals surface area contributed by atoms with E-state index in [-0.39, 0.29) is 18.4 Å². The number of halogens is 2. The number of amides is 2. The third-order valence-electron chi connectivity index (χ3n) is 4.01. The SMILES string of the molecule is COc1cccc(NC(=O)c2ccc(NC(=O)COc3ccc(Cl)cc3Cl)cc2)c1. The molecule has 3 aromatic rings. The minimum Gasteiger partial charge on any atom is -0.497 e. The first kappa shape index (κ1) is 21.5. The molecular formula is C22H18Cl2N2O4. The molecule has 3 rings (SSSR count). The Bertz CT molecular complexity index is 1060. The van der Waals surface area contributed by atoms with E-state index in [9.17, 15) is 9.59 Å². The molecule has 0 saturated heterocycles. The van der Waals surface area contributed by atoms with Gasteiger partial charge in [-0.3, -0.25) is 9.59 Å². The average molecular weight is 445 g/mol. The van der Waals surface area contributed by atoms with Crippen LogP contribution in [0.1, 0.15) is 10.4 Å². The van der Waals surface area contributed by atoms with Gasteiger partial charge in [0.25, 0.3) is 11.8 Å². The van der Waals surface area contributed by atoms with Crippen LogP contribution in [0.15, 0.2) is 66.7 Å². The van der Waals surface area contributed by atoms with Gasteiger partial charge in [-0.05, 0) is 54.6 Å². The molecule has 0 spiro atoms. The Morgan fingerprint density at radius 2 is 1.67 bits per heavy atom. The summed E-state index contributed by atoms with van der Waals surface area (Å²) in [4.78, 5) is 24.5. The van der Waals surface area contributed by atoms with E-state index < -0.39 is 0 Å². The number of hydrogen-bond donors (Lipinski definition) is 2. The van der Waals surface area contributed by atoms with Crippen molar-refractivity contribution >= 4 is 46.4 Å². The van der Waals surface area contributed by atoms with Gasteiger partial charge in [-0.1, -0.05) is 29.3 Å². The van der Waals surface area contributed by atoms with Crippen molar-refractivity contribution in [3.8, 4) is 11.5 Å². The third kappa shape index (κ3) is 5.89. The number of nitrogens with one attached hydrogen (secondary N) is 2. The maximum atomic E-state index is 12.4. The van der Waals surface area contributed by atoms with Crippen molar-refractivity contribution in [3.63, 3.8) is 0 Å². The topological polar surface area (TPSA) is 76.7 Å². The first-order chi connectivity index (χ1) is 14.4. The van der Waals surface area contributed by atoms with E-state index in [2.05, 4.69) is 10.6 Å². The maximum Gasteiger partial charge on any atom is 0.262 e. The molecule has 0 unspecified atom stereocenters. The summed E-state index contributed by atoms with van der Waals surface area (Å²) in [6.07, 6.45) is 0. The number of methoxy groups -OCH3 is 1. The summed E-state index contributed by atoms with van der Waals surface area (Å²) >= 11 is 11.8. The van der Waals surface area contributed by atoms with Gasteiger partial charge in [0.15, 0.2) is 6.61 Å². The molecule has 2 N–H and O–H groups in total. The van der Waals surface area contributed by atoms with Crippen LogP contribution in [0, 0.1) is 0 Å². The molecule has 0 bridgehead atoms. The zero-order chi connectivity index (χ0) is 21.5. The van der Waals surface area contributed by atoms with E-state index in [4.69, 9.17) is 32.7 Å². The fraction of sp³-hybridized carbons (Fsp3) is 0.0909. The summed E-state index contributed by atoms with van der Waals surface area (Å²) in [6, 6.07) is 18.3. The largest absolute Gasteiger partial charge is 0.497 e. The van der Waals surface area contributed by atoms with Gasteiger partial charge in [0.2, 0.25) is 0 Å². The minimum atomic E-state index is -0.366. The molecule has 0 atom stereocenters. The van der Waals surface area contributed by atoms with Crippen LogP contribution in [0.2, 0.25) is 10.0 Å². The number of carbonyl (C=O) groups excluding carboxylic acids is 2. The van der Waals surface area contributed by atoms with Crippen molar-refractivity contribution in [2.75, 3.05) is 24.4 Å². The first-order valence-electron chi connectivity index (χ1n) is 8.88. The summed E-state index contributed by atoms with van der Waals surface area (Å²) in [5, 5.41) is 6.29. The second kappa shape index (κ2) is 10.0. The summed E-state index contributed by atoms with van der Waals surface area (Å²) in [7, 11) is 1.56. The molecule has 6 nitrogen and oxygen atoms in total. The van der Waals surface area contributed by atoms with Gasteiger partial charge in [-0.25, -0.2) is 0 Å². The van der Waals surface area contributed by atoms with Crippen molar-refractivity contribution in [3.05, 3.63) is 82.3 Å². The van der Waals surface area contributed by atoms with Gasteiger partial charge in [-0.2, -0.15) is 0 Å². The Labute approximate surface area is 183 Å². The molecule has 3 aromatic carbocycles. The monoisotopic (exact) mass is 444 g/mol. The Balaban J connectivity index is 1.54. The Hall–Kier alpha value is -3.22. The highest BCUT2D eigenvalue weighted by molar-refractivity contribution is 6.35. The Kier molecular flexibility index (Phi) is 7.17. The lowest BCUT2D eigenvalue weighted by atomic mass is 10.2. The lowest BCUT2D eigenvalue weighted by Gasteiger charge is -2.10. The lowest BCUT2D eigenvalue weighted by molar-refractivity contribution is -0.118. The van der Waals surface area contributed by atoms with Crippen LogP contribution in [0.3, 0.4) is 0 Å². The summed E-state index contributed by atoms with van der Waals surface area (Å²) in [5.74, 6) is 0.366. The number of benzene rings is 3. The summed E-state index contributed by atoms with van der Waals surface area (Å²) in [6.45, 7) is -0.223. The van der Waals surface area contributed by atoms with Crippen LogP contribution in [0.4, 0.5) is 11.4 Å². The molecule has 8 heteroatoms. The minimum absolute atomic E-state index is 0.223. The van der Waals surface area contributed by atoms with Crippen LogP contribution in [0.5, 0.6) is 11.5 Å². The second-order valence-corrected chi connectivity index (χ2v) is 7.02. The van der Waals surface area contributed by atoms with E-state index in [0.717, 1.165) is 0 Å². The van der Waals surface area contributed by atoms with Gasteiger partial charge in [0, 0.05) is 28.0 Å². The summed E-state index contributed by atoms with van der Waals surface area (Å²) < 4.78 is 10.5. The zero-order valence-electron chi connectivity index (χ0n) is 15.9. The molecule has 0 saturated carbocycles. The Morgan fingerprint density at radius 1 is 0.900 bits per heavy atom. The van der Waals surface area contributed by atoms with Crippen LogP contribution < -0.4 is 20.1 Å². The molecule has 0 fully saturated rings. The number of hydrogen-bond acceptors (Lipinski definition) is 4. The Morgan fingerprint density at radius 3 is 2.37 bits per heavy atom. The van der Waals surface area contributed by atoms with E-state index in [1.165, 1.54) is 6.07 Å². The van der Waals surface area contributed by atoms with Crippen LogP contribution in [-0.4, -0.2) is 25.5 Å². The van der Waals surface area contributed by atoms with Crippen molar-refractivity contribution in [2.24, 2.45) is 0 Å². The third-order valence-corrected chi connectivity index (χ3v) is 4.54. The van der Waals surface area contributed by atoms with Gasteiger partial charge >= 0.3 is 0 Å². The van der Waals surface area contributed by atoms with Crippen molar-refractivity contribution in [2.45, 2.75) is 0 Å². The van der Waals surface area contributed by atoms with E-state index >= 15 is 0 Å². The quantitative estimate of drug-likeness (QED) is 0.520. The molecule has 0 heterocycles. The van der Waals surface area contributed by atoms with E-state index in [1.54, 1.807) is 67.8 Å². The second-order valence-electron chi connectivity index (χ2n) is 6.18. The highest BCUT2D eigenvalue weighted by Gasteiger charge is 2.09. The molecule has 0 aromatic heterocycles. The van der Waals surface area contributed by atoms with Crippen molar-refractivity contribution < 1.29 is 19.1 Å². The van der Waals surface area contributed by atoms with Crippen LogP contribution >= 0.6 is 23.2 Å². The normalized spacial score (nSPS) is 10.2. The van der Waals surface area contributed by atoms with Crippen LogP contribution in [0.25, 0.3) is 0 Å². The number of anilines is 2. The van der Waals surface area contributed by atoms with Gasteiger partial charge in [-0.15, -0.1) is 0 Å². The van der Waals surface area contributed by atoms with Gasteiger partial charge < -0.3 is 20.1 Å². The molecule has 0 aliphatic rings. The van der Waals surface area contributed by atoms with Crippen molar-refractivity contribution in [1.29, 1.82) is 0 Å². The lowest BCUT2D eigenvalue weighted by Crippen LogP contribution is -2.20. The number of carbonyl (C=O) groups is 2. The van der Waals surface area contributed by atoms with E-state index in [0.29, 0.717) is 38.5 Å². The predicted octanol–water partition coefficient (Wildman–Crippen LogP) is 5.27. The molecule has 30 heavy (non-hydrogen) atoms. The fourth-order valence-corrected chi connectivity index (χ4v) is 3.00. The zero-order valence-corrected chi connectivity index (χ0v) is 17.5. The standard InChI is InChI=1S/C22H18Cl2N2O4/c1-29-18-4-2-3-17(12-18)26-22(28)14-5-8-16(9-6-14)25-21(27)13-30-20-10-7-15(23)11-19(20)24/h2-12H,13H2,1H3,(H,25,27)(H,26,28). The maximum absolute atomic E-state index is 12.4. The van der Waals surface area contributed by atoms with Gasteiger partial charge in [0.1, 0.15) is 11.5 Å². The highest BCUT2D eigenvalue weighted by atomic mass is 35.5.